The minimum absolute atomic E-state index is 0.438. The van der Waals surface area contributed by atoms with Gasteiger partial charge < -0.3 is 5.32 Å². The molecule has 0 spiro atoms. The molecule has 0 aliphatic heterocycles. The van der Waals surface area contributed by atoms with Crippen LogP contribution >= 0.6 is 34.8 Å². The van der Waals surface area contributed by atoms with Crippen LogP contribution in [0.4, 0.5) is 5.69 Å². The third kappa shape index (κ3) is 3.33. The van der Waals surface area contributed by atoms with Crippen LogP contribution in [0.1, 0.15) is 11.1 Å². The van der Waals surface area contributed by atoms with Gasteiger partial charge >= 0.3 is 0 Å². The summed E-state index contributed by atoms with van der Waals surface area (Å²) >= 11 is 18.2. The summed E-state index contributed by atoms with van der Waals surface area (Å²) < 4.78 is 0. The van der Waals surface area contributed by atoms with Crippen LogP contribution in [0.15, 0.2) is 36.4 Å². The van der Waals surface area contributed by atoms with E-state index < -0.39 is 0 Å². The molecule has 2 nitrogen and oxygen atoms in total. The fraction of sp³-hybridized carbons (Fsp3) is 0.0714. The van der Waals surface area contributed by atoms with Crippen LogP contribution < -0.4 is 5.32 Å². The van der Waals surface area contributed by atoms with Gasteiger partial charge in [0, 0.05) is 22.8 Å². The van der Waals surface area contributed by atoms with Crippen molar-refractivity contribution in [2.45, 2.75) is 6.54 Å². The molecule has 2 aromatic rings. The maximum Gasteiger partial charge on any atom is 0.0992 e. The Hall–Kier alpha value is -1.40. The lowest BCUT2D eigenvalue weighted by atomic mass is 10.2. The summed E-state index contributed by atoms with van der Waals surface area (Å²) in [4.78, 5) is 0. The number of nitrogens with zero attached hydrogens (tertiary/aromatic N) is 1. The van der Waals surface area contributed by atoms with Crippen LogP contribution in [-0.4, -0.2) is 0 Å². The normalized spacial score (nSPS) is 10.0. The average Bonchev–Trinajstić information content (AvgIpc) is 2.43. The Morgan fingerprint density at radius 2 is 1.79 bits per heavy atom. The van der Waals surface area contributed by atoms with Gasteiger partial charge in [-0.1, -0.05) is 40.9 Å². The van der Waals surface area contributed by atoms with E-state index >= 15 is 0 Å². The molecule has 0 aliphatic rings. The van der Waals surface area contributed by atoms with Crippen LogP contribution in [0.25, 0.3) is 0 Å². The fourth-order valence-corrected chi connectivity index (χ4v) is 2.30. The summed E-state index contributed by atoms with van der Waals surface area (Å²) in [7, 11) is 0. The highest BCUT2D eigenvalue weighted by molar-refractivity contribution is 6.44. The van der Waals surface area contributed by atoms with Gasteiger partial charge in [0.2, 0.25) is 0 Å². The number of anilines is 1. The monoisotopic (exact) mass is 310 g/mol. The Labute approximate surface area is 126 Å². The number of halogens is 3. The molecule has 96 valence electrons. The molecule has 19 heavy (non-hydrogen) atoms. The van der Waals surface area contributed by atoms with Gasteiger partial charge in [-0.2, -0.15) is 5.26 Å². The number of nitriles is 1. The molecule has 0 aliphatic carbocycles. The Kier molecular flexibility index (Phi) is 4.55. The summed E-state index contributed by atoms with van der Waals surface area (Å²) in [5, 5.41) is 13.5. The Bertz CT molecular complexity index is 648. The van der Waals surface area contributed by atoms with Crippen molar-refractivity contribution in [3.05, 3.63) is 62.6 Å². The van der Waals surface area contributed by atoms with E-state index in [2.05, 4.69) is 11.4 Å². The molecule has 0 radical (unpaired) electrons. The summed E-state index contributed by atoms with van der Waals surface area (Å²) in [5.41, 5.74) is 2.15. The first-order valence-electron chi connectivity index (χ1n) is 5.48. The van der Waals surface area contributed by atoms with Crippen molar-refractivity contribution in [3.63, 3.8) is 0 Å². The lowest BCUT2D eigenvalue weighted by Crippen LogP contribution is -2.01. The minimum Gasteiger partial charge on any atom is -0.381 e. The van der Waals surface area contributed by atoms with Gasteiger partial charge in [0.25, 0.3) is 0 Å². The molecule has 0 saturated carbocycles. The van der Waals surface area contributed by atoms with E-state index in [0.29, 0.717) is 27.2 Å². The number of hydrogen-bond donors (Lipinski definition) is 1. The number of rotatable bonds is 3. The molecule has 0 bridgehead atoms. The van der Waals surface area contributed by atoms with E-state index in [1.54, 1.807) is 24.3 Å². The third-order valence-corrected chi connectivity index (χ3v) is 3.80. The predicted molar refractivity (Wildman–Crippen MR) is 80.0 cm³/mol. The van der Waals surface area contributed by atoms with E-state index in [1.807, 2.05) is 12.1 Å². The zero-order valence-electron chi connectivity index (χ0n) is 9.75. The van der Waals surface area contributed by atoms with Gasteiger partial charge in [-0.05, 0) is 30.3 Å². The number of hydrogen-bond acceptors (Lipinski definition) is 2. The maximum absolute atomic E-state index is 8.83. The Morgan fingerprint density at radius 1 is 1.05 bits per heavy atom. The summed E-state index contributed by atoms with van der Waals surface area (Å²) in [6.45, 7) is 0.438. The first-order valence-corrected chi connectivity index (χ1v) is 6.61. The van der Waals surface area contributed by atoms with Crippen LogP contribution in [0, 0.1) is 11.3 Å². The fourth-order valence-electron chi connectivity index (χ4n) is 1.62. The SMILES string of the molecule is N#Cc1cccc(NCc2c(Cl)ccc(Cl)c2Cl)c1. The molecule has 5 heteroatoms. The number of benzene rings is 2. The van der Waals surface area contributed by atoms with Gasteiger partial charge in [0.15, 0.2) is 0 Å². The van der Waals surface area contributed by atoms with E-state index in [-0.39, 0.29) is 0 Å². The average molecular weight is 312 g/mol. The third-order valence-electron chi connectivity index (χ3n) is 2.60. The lowest BCUT2D eigenvalue weighted by Gasteiger charge is -2.11. The van der Waals surface area contributed by atoms with Crippen molar-refractivity contribution in [2.75, 3.05) is 5.32 Å². The van der Waals surface area contributed by atoms with Crippen LogP contribution in [0.3, 0.4) is 0 Å². The number of nitrogens with one attached hydrogen (secondary N) is 1. The van der Waals surface area contributed by atoms with E-state index in [1.165, 1.54) is 0 Å². The van der Waals surface area contributed by atoms with Gasteiger partial charge in [-0.15, -0.1) is 0 Å². The molecular formula is C14H9Cl3N2. The van der Waals surface area contributed by atoms with E-state index in [0.717, 1.165) is 11.3 Å². The largest absolute Gasteiger partial charge is 0.381 e. The second kappa shape index (κ2) is 6.16. The second-order valence-corrected chi connectivity index (χ2v) is 5.06. The van der Waals surface area contributed by atoms with Crippen LogP contribution in [-0.2, 0) is 6.54 Å². The Morgan fingerprint density at radius 3 is 2.53 bits per heavy atom. The lowest BCUT2D eigenvalue weighted by molar-refractivity contribution is 1.15. The molecular weight excluding hydrogens is 303 g/mol. The molecule has 0 atom stereocenters. The van der Waals surface area contributed by atoms with Crippen molar-refractivity contribution in [2.24, 2.45) is 0 Å². The maximum atomic E-state index is 8.83. The van der Waals surface area contributed by atoms with Crippen molar-refractivity contribution < 1.29 is 0 Å². The molecule has 2 aromatic carbocycles. The van der Waals surface area contributed by atoms with Gasteiger partial charge in [0.1, 0.15) is 0 Å². The molecule has 2 rings (SSSR count). The quantitative estimate of drug-likeness (QED) is 0.798. The smallest absolute Gasteiger partial charge is 0.0992 e. The van der Waals surface area contributed by atoms with E-state index in [9.17, 15) is 0 Å². The topological polar surface area (TPSA) is 35.8 Å². The molecule has 0 heterocycles. The van der Waals surface area contributed by atoms with Crippen molar-refractivity contribution in [1.82, 2.24) is 0 Å². The molecule has 0 unspecified atom stereocenters. The standard InChI is InChI=1S/C14H9Cl3N2/c15-12-4-5-13(16)14(17)11(12)8-19-10-3-1-2-9(6-10)7-18/h1-6,19H,8H2. The van der Waals surface area contributed by atoms with Gasteiger partial charge in [0.05, 0.1) is 21.7 Å². The first-order chi connectivity index (χ1) is 9.11. The molecule has 0 fully saturated rings. The minimum atomic E-state index is 0.438. The van der Waals surface area contributed by atoms with Crippen LogP contribution in [0.2, 0.25) is 15.1 Å². The highest BCUT2D eigenvalue weighted by atomic mass is 35.5. The predicted octanol–water partition coefficient (Wildman–Crippen LogP) is 5.13. The summed E-state index contributed by atoms with van der Waals surface area (Å²) in [5.74, 6) is 0. The first kappa shape index (κ1) is 14.0. The Balaban J connectivity index is 2.19. The molecule has 0 saturated heterocycles. The zero-order valence-corrected chi connectivity index (χ0v) is 12.0. The van der Waals surface area contributed by atoms with E-state index in [4.69, 9.17) is 40.1 Å². The van der Waals surface area contributed by atoms with Crippen molar-refractivity contribution in [3.8, 4) is 6.07 Å². The highest BCUT2D eigenvalue weighted by Gasteiger charge is 2.09. The molecule has 0 amide bonds. The molecule has 0 aromatic heterocycles. The van der Waals surface area contributed by atoms with Gasteiger partial charge in [-0.3, -0.25) is 0 Å². The van der Waals surface area contributed by atoms with Crippen molar-refractivity contribution >= 4 is 40.5 Å². The summed E-state index contributed by atoms with van der Waals surface area (Å²) in [6, 6.07) is 12.6. The molecule has 1 N–H and O–H groups in total. The zero-order chi connectivity index (χ0) is 13.8. The highest BCUT2D eigenvalue weighted by Crippen LogP contribution is 2.31. The van der Waals surface area contributed by atoms with Gasteiger partial charge in [-0.25, -0.2) is 0 Å². The second-order valence-electron chi connectivity index (χ2n) is 3.87. The van der Waals surface area contributed by atoms with Crippen LogP contribution in [0.5, 0.6) is 0 Å². The van der Waals surface area contributed by atoms with Crippen molar-refractivity contribution in [1.29, 1.82) is 5.26 Å². The summed E-state index contributed by atoms with van der Waals surface area (Å²) in [6.07, 6.45) is 0.